The Morgan fingerprint density at radius 2 is 1.62 bits per heavy atom. The van der Waals surface area contributed by atoms with Crippen molar-refractivity contribution in [1.29, 1.82) is 0 Å². The molecule has 1 heterocycles. The van der Waals surface area contributed by atoms with Gasteiger partial charge in [-0.3, -0.25) is 9.59 Å². The molecule has 1 aliphatic heterocycles. The number of carboxylic acids is 1. The van der Waals surface area contributed by atoms with Crippen molar-refractivity contribution in [2.45, 2.75) is 50.5 Å². The van der Waals surface area contributed by atoms with Crippen LogP contribution in [0.2, 0.25) is 0 Å². The van der Waals surface area contributed by atoms with Gasteiger partial charge in [-0.2, -0.15) is 0 Å². The number of benzene rings is 2. The molecule has 2 aromatic carbocycles. The van der Waals surface area contributed by atoms with Crippen LogP contribution in [-0.4, -0.2) is 53.2 Å². The molecule has 2 aliphatic carbocycles. The average Bonchev–Trinajstić information content (AvgIpc) is 3.09. The van der Waals surface area contributed by atoms with E-state index in [4.69, 9.17) is 4.74 Å². The number of hydrogen-bond acceptors (Lipinski definition) is 4. The molecule has 0 atom stereocenters. The summed E-state index contributed by atoms with van der Waals surface area (Å²) < 4.78 is 5.68. The highest BCUT2D eigenvalue weighted by Crippen LogP contribution is 2.45. The lowest BCUT2D eigenvalue weighted by molar-refractivity contribution is -0.167. The topological polar surface area (TPSA) is 95.9 Å². The van der Waals surface area contributed by atoms with Gasteiger partial charge >= 0.3 is 12.1 Å². The molecule has 2 amide bonds. The molecule has 2 N–H and O–H groups in total. The zero-order valence-electron chi connectivity index (χ0n) is 19.4. The average molecular weight is 463 g/mol. The number of nitrogens with zero attached hydrogens (tertiary/aromatic N) is 1. The summed E-state index contributed by atoms with van der Waals surface area (Å²) >= 11 is 0. The molecule has 0 spiro atoms. The van der Waals surface area contributed by atoms with Crippen molar-refractivity contribution in [2.24, 2.45) is 5.41 Å². The minimum atomic E-state index is -0.853. The maximum atomic E-state index is 12.8. The molecule has 3 aliphatic rings. The van der Waals surface area contributed by atoms with Crippen molar-refractivity contribution >= 4 is 18.0 Å². The van der Waals surface area contributed by atoms with Gasteiger partial charge in [-0.05, 0) is 47.9 Å². The van der Waals surface area contributed by atoms with Crippen molar-refractivity contribution in [3.8, 4) is 11.1 Å². The van der Waals surface area contributed by atoms with Crippen LogP contribution in [0.25, 0.3) is 11.1 Å². The number of fused-ring (bicyclic) bond motifs is 3. The lowest BCUT2D eigenvalue weighted by atomic mass is 9.72. The van der Waals surface area contributed by atoms with E-state index in [0.29, 0.717) is 19.3 Å². The fraction of sp³-hybridized carbons (Fsp3) is 0.444. The summed E-state index contributed by atoms with van der Waals surface area (Å²) in [6, 6.07) is 16.4. The second kappa shape index (κ2) is 8.46. The molecule has 178 valence electrons. The first kappa shape index (κ1) is 22.4. The number of carbonyl (C=O) groups is 3. The van der Waals surface area contributed by atoms with Gasteiger partial charge in [-0.15, -0.1) is 0 Å². The molecule has 7 nitrogen and oxygen atoms in total. The summed E-state index contributed by atoms with van der Waals surface area (Å²) in [5.41, 5.74) is 3.22. The first-order valence-electron chi connectivity index (χ1n) is 12.0. The van der Waals surface area contributed by atoms with E-state index in [9.17, 15) is 19.5 Å². The molecule has 0 aromatic heterocycles. The van der Waals surface area contributed by atoms with Gasteiger partial charge < -0.3 is 20.1 Å². The van der Waals surface area contributed by atoms with Crippen LogP contribution in [0.3, 0.4) is 0 Å². The predicted molar refractivity (Wildman–Crippen MR) is 126 cm³/mol. The van der Waals surface area contributed by atoms with Crippen LogP contribution in [0, 0.1) is 5.41 Å². The van der Waals surface area contributed by atoms with Crippen LogP contribution >= 0.6 is 0 Å². The van der Waals surface area contributed by atoms with E-state index < -0.39 is 23.0 Å². The quantitative estimate of drug-likeness (QED) is 0.644. The normalized spacial score (nSPS) is 19.3. The van der Waals surface area contributed by atoms with E-state index in [1.807, 2.05) is 31.2 Å². The van der Waals surface area contributed by atoms with Gasteiger partial charge in [0.1, 0.15) is 12.0 Å². The number of hydrogen-bond donors (Lipinski definition) is 2. The van der Waals surface area contributed by atoms with Crippen LogP contribution in [0.1, 0.15) is 56.1 Å². The molecular weight excluding hydrogens is 432 g/mol. The Kier molecular flexibility index (Phi) is 5.58. The molecule has 5 rings (SSSR count). The number of aliphatic carboxylic acids is 1. The molecule has 0 radical (unpaired) electrons. The Bertz CT molecular complexity index is 1090. The second-order valence-electron chi connectivity index (χ2n) is 9.95. The molecule has 34 heavy (non-hydrogen) atoms. The summed E-state index contributed by atoms with van der Waals surface area (Å²) in [5.74, 6) is -0.977. The smallest absolute Gasteiger partial charge is 0.407 e. The Morgan fingerprint density at radius 1 is 1.03 bits per heavy atom. The van der Waals surface area contributed by atoms with E-state index in [-0.39, 0.29) is 37.9 Å². The van der Waals surface area contributed by atoms with Crippen molar-refractivity contribution in [3.63, 3.8) is 0 Å². The Morgan fingerprint density at radius 3 is 2.12 bits per heavy atom. The highest BCUT2D eigenvalue weighted by atomic mass is 16.5. The summed E-state index contributed by atoms with van der Waals surface area (Å²) in [4.78, 5) is 38.7. The molecule has 7 heteroatoms. The van der Waals surface area contributed by atoms with Crippen LogP contribution in [0.4, 0.5) is 4.79 Å². The molecule has 0 bridgehead atoms. The summed E-state index contributed by atoms with van der Waals surface area (Å²) in [6.45, 7) is 2.53. The Balaban J connectivity index is 1.19. The third kappa shape index (κ3) is 3.73. The Hall–Kier alpha value is -3.35. The summed E-state index contributed by atoms with van der Waals surface area (Å²) in [7, 11) is 0. The monoisotopic (exact) mass is 462 g/mol. The standard InChI is InChI=1S/C27H30N2O5/c1-2-26(24(31)32)16-29(17-26)23(30)14-27(12-7-13-27)28-25(33)34-15-22-20-10-5-3-8-18(20)19-9-4-6-11-21(19)22/h3-6,8-11,22H,2,7,12-17H2,1H3,(H,28,33)(H,31,32). The van der Waals surface area contributed by atoms with Crippen LogP contribution < -0.4 is 5.32 Å². The number of likely N-dealkylation sites (tertiary alicyclic amines) is 1. The maximum absolute atomic E-state index is 12.8. The largest absolute Gasteiger partial charge is 0.481 e. The predicted octanol–water partition coefficient (Wildman–Crippen LogP) is 4.16. The number of rotatable bonds is 7. The van der Waals surface area contributed by atoms with Crippen LogP contribution in [0.5, 0.6) is 0 Å². The SMILES string of the molecule is CCC1(C(=O)O)CN(C(=O)CC2(NC(=O)OCC3c4ccccc4-c4ccccc43)CCC2)C1. The third-order valence-corrected chi connectivity index (χ3v) is 7.98. The second-order valence-corrected chi connectivity index (χ2v) is 9.95. The summed E-state index contributed by atoms with van der Waals surface area (Å²) in [6.07, 6.45) is 2.53. The van der Waals surface area contributed by atoms with Gasteiger partial charge in [0.15, 0.2) is 0 Å². The number of carbonyl (C=O) groups excluding carboxylic acids is 2. The molecule has 1 saturated carbocycles. The fourth-order valence-electron chi connectivity index (χ4n) is 5.57. The number of alkyl carbamates (subject to hydrolysis) is 1. The fourth-order valence-corrected chi connectivity index (χ4v) is 5.57. The van der Waals surface area contributed by atoms with Crippen LogP contribution in [-0.2, 0) is 14.3 Å². The number of carboxylic acid groups (broad SMARTS) is 1. The number of amides is 2. The zero-order valence-corrected chi connectivity index (χ0v) is 19.4. The van der Waals surface area contributed by atoms with Crippen LogP contribution in [0.15, 0.2) is 48.5 Å². The molecule has 2 fully saturated rings. The van der Waals surface area contributed by atoms with Crippen molar-refractivity contribution in [2.75, 3.05) is 19.7 Å². The minimum absolute atomic E-state index is 0.0172. The number of ether oxygens (including phenoxy) is 1. The van der Waals surface area contributed by atoms with Gasteiger partial charge in [0.25, 0.3) is 0 Å². The van der Waals surface area contributed by atoms with E-state index in [2.05, 4.69) is 29.6 Å². The van der Waals surface area contributed by atoms with E-state index in [1.165, 1.54) is 11.1 Å². The van der Waals surface area contributed by atoms with Gasteiger partial charge in [0, 0.05) is 19.0 Å². The lowest BCUT2D eigenvalue weighted by Gasteiger charge is -2.49. The highest BCUT2D eigenvalue weighted by molar-refractivity contribution is 5.85. The highest BCUT2D eigenvalue weighted by Gasteiger charge is 2.51. The Labute approximate surface area is 199 Å². The van der Waals surface area contributed by atoms with Gasteiger partial charge in [-0.1, -0.05) is 55.5 Å². The van der Waals surface area contributed by atoms with Crippen molar-refractivity contribution in [1.82, 2.24) is 10.2 Å². The first-order chi connectivity index (χ1) is 16.4. The zero-order chi connectivity index (χ0) is 23.9. The lowest BCUT2D eigenvalue weighted by Crippen LogP contribution is -2.64. The number of nitrogens with one attached hydrogen (secondary N) is 1. The van der Waals surface area contributed by atoms with Gasteiger partial charge in [0.2, 0.25) is 5.91 Å². The molecular formula is C27H30N2O5. The molecule has 2 aromatic rings. The minimum Gasteiger partial charge on any atom is -0.481 e. The van der Waals surface area contributed by atoms with Crippen molar-refractivity contribution in [3.05, 3.63) is 59.7 Å². The van der Waals surface area contributed by atoms with Gasteiger partial charge in [0.05, 0.1) is 12.0 Å². The third-order valence-electron chi connectivity index (χ3n) is 7.98. The maximum Gasteiger partial charge on any atom is 0.407 e. The molecule has 1 saturated heterocycles. The molecule has 0 unspecified atom stereocenters. The van der Waals surface area contributed by atoms with E-state index in [0.717, 1.165) is 17.5 Å². The van der Waals surface area contributed by atoms with E-state index in [1.54, 1.807) is 4.90 Å². The van der Waals surface area contributed by atoms with Crippen molar-refractivity contribution < 1.29 is 24.2 Å². The summed E-state index contributed by atoms with van der Waals surface area (Å²) in [5, 5.41) is 12.4. The van der Waals surface area contributed by atoms with Gasteiger partial charge in [-0.25, -0.2) is 4.79 Å². The van der Waals surface area contributed by atoms with E-state index >= 15 is 0 Å². The first-order valence-corrected chi connectivity index (χ1v) is 12.0.